The zero-order valence-electron chi connectivity index (χ0n) is 10.0. The molecule has 0 saturated heterocycles. The van der Waals surface area contributed by atoms with E-state index in [1.807, 2.05) is 6.07 Å². The number of halogens is 1. The second-order valence-corrected chi connectivity index (χ2v) is 5.10. The summed E-state index contributed by atoms with van der Waals surface area (Å²) >= 11 is 0. The van der Waals surface area contributed by atoms with Gasteiger partial charge in [-0.2, -0.15) is 0 Å². The van der Waals surface area contributed by atoms with Crippen molar-refractivity contribution in [2.75, 3.05) is 0 Å². The van der Waals surface area contributed by atoms with Crippen molar-refractivity contribution < 1.29 is 4.74 Å². The number of para-hydroxylation sites is 1. The molecule has 2 aliphatic rings. The maximum absolute atomic E-state index is 6.40. The number of benzene rings is 1. The Bertz CT molecular complexity index is 386. The summed E-state index contributed by atoms with van der Waals surface area (Å²) in [5.74, 6) is 1.01. The van der Waals surface area contributed by atoms with Crippen molar-refractivity contribution in [3.8, 4) is 5.75 Å². The lowest BCUT2D eigenvalue weighted by atomic mass is 9.85. The number of fused-ring (bicyclic) bond motifs is 1. The van der Waals surface area contributed by atoms with E-state index >= 15 is 0 Å². The topological polar surface area (TPSA) is 35.2 Å². The van der Waals surface area contributed by atoms with Crippen LogP contribution in [0.5, 0.6) is 5.75 Å². The molecule has 1 aromatic carbocycles. The van der Waals surface area contributed by atoms with Crippen LogP contribution in [0.2, 0.25) is 0 Å². The molecule has 1 atom stereocenters. The minimum atomic E-state index is -0.0970. The van der Waals surface area contributed by atoms with E-state index in [0.717, 1.165) is 18.6 Å². The molecule has 1 spiro atoms. The zero-order chi connectivity index (χ0) is 11.0. The fourth-order valence-electron chi connectivity index (χ4n) is 3.14. The fraction of sp³-hybridized carbons (Fsp3) is 0.571. The van der Waals surface area contributed by atoms with E-state index in [1.54, 1.807) is 0 Å². The molecule has 0 aromatic heterocycles. The molecule has 2 nitrogen and oxygen atoms in total. The van der Waals surface area contributed by atoms with Gasteiger partial charge in [-0.05, 0) is 31.7 Å². The van der Waals surface area contributed by atoms with Gasteiger partial charge in [-0.3, -0.25) is 0 Å². The molecule has 0 radical (unpaired) electrons. The summed E-state index contributed by atoms with van der Waals surface area (Å²) in [5.41, 5.74) is 7.50. The van der Waals surface area contributed by atoms with Gasteiger partial charge >= 0.3 is 0 Å². The van der Waals surface area contributed by atoms with Crippen LogP contribution in [0, 0.1) is 0 Å². The maximum Gasteiger partial charge on any atom is 0.128 e. The minimum absolute atomic E-state index is 0. The monoisotopic (exact) mass is 253 g/mol. The van der Waals surface area contributed by atoms with E-state index in [-0.39, 0.29) is 24.0 Å². The molecule has 3 rings (SSSR count). The van der Waals surface area contributed by atoms with Crippen molar-refractivity contribution in [2.45, 2.75) is 50.2 Å². The van der Waals surface area contributed by atoms with Crippen LogP contribution in [0.3, 0.4) is 0 Å². The van der Waals surface area contributed by atoms with Gasteiger partial charge in [-0.1, -0.05) is 31.0 Å². The van der Waals surface area contributed by atoms with E-state index in [9.17, 15) is 0 Å². The zero-order valence-corrected chi connectivity index (χ0v) is 10.8. The van der Waals surface area contributed by atoms with Gasteiger partial charge in [0.15, 0.2) is 0 Å². The SMILES string of the molecule is Cl.NC1c2ccccc2OC12CCCCCC2. The molecule has 1 aliphatic heterocycles. The van der Waals surface area contributed by atoms with E-state index in [0.29, 0.717) is 0 Å². The molecule has 0 amide bonds. The Morgan fingerprint density at radius 1 is 1.06 bits per heavy atom. The standard InChI is InChI=1S/C14H19NO.ClH/c15-13-11-7-3-4-8-12(11)16-14(13)9-5-1-2-6-10-14;/h3-4,7-8,13H,1-2,5-6,9-10,15H2;1H. The second-order valence-electron chi connectivity index (χ2n) is 5.10. The summed E-state index contributed by atoms with van der Waals surface area (Å²) in [6.45, 7) is 0. The second kappa shape index (κ2) is 4.87. The molecule has 2 N–H and O–H groups in total. The normalized spacial score (nSPS) is 25.6. The lowest BCUT2D eigenvalue weighted by Crippen LogP contribution is -2.41. The Labute approximate surface area is 109 Å². The molecule has 1 aliphatic carbocycles. The van der Waals surface area contributed by atoms with Crippen LogP contribution in [0.25, 0.3) is 0 Å². The smallest absolute Gasteiger partial charge is 0.128 e. The molecule has 3 heteroatoms. The predicted octanol–water partition coefficient (Wildman–Crippen LogP) is 3.59. The minimum Gasteiger partial charge on any atom is -0.485 e. The lowest BCUT2D eigenvalue weighted by Gasteiger charge is -2.31. The van der Waals surface area contributed by atoms with Crippen LogP contribution in [0.15, 0.2) is 24.3 Å². The predicted molar refractivity (Wildman–Crippen MR) is 71.7 cm³/mol. The summed E-state index contributed by atoms with van der Waals surface area (Å²) in [6.07, 6.45) is 7.39. The number of ether oxygens (including phenoxy) is 1. The highest BCUT2D eigenvalue weighted by molar-refractivity contribution is 5.85. The van der Waals surface area contributed by atoms with Gasteiger partial charge < -0.3 is 10.5 Å². The molecule has 1 unspecified atom stereocenters. The number of nitrogens with two attached hydrogens (primary N) is 1. The fourth-order valence-corrected chi connectivity index (χ4v) is 3.14. The maximum atomic E-state index is 6.40. The van der Waals surface area contributed by atoms with Crippen LogP contribution in [-0.2, 0) is 0 Å². The molecule has 1 fully saturated rings. The van der Waals surface area contributed by atoms with Gasteiger partial charge in [0.1, 0.15) is 11.4 Å². The van der Waals surface area contributed by atoms with Crippen LogP contribution in [-0.4, -0.2) is 5.60 Å². The highest BCUT2D eigenvalue weighted by Gasteiger charge is 2.45. The Morgan fingerprint density at radius 2 is 1.71 bits per heavy atom. The van der Waals surface area contributed by atoms with Gasteiger partial charge in [0.25, 0.3) is 0 Å². The first-order chi connectivity index (χ1) is 7.82. The average molecular weight is 254 g/mol. The first kappa shape index (κ1) is 12.7. The molecular formula is C14H20ClNO. The van der Waals surface area contributed by atoms with Crippen molar-refractivity contribution in [1.29, 1.82) is 0 Å². The highest BCUT2D eigenvalue weighted by atomic mass is 35.5. The van der Waals surface area contributed by atoms with Crippen LogP contribution < -0.4 is 10.5 Å². The summed E-state index contributed by atoms with van der Waals surface area (Å²) in [5, 5.41) is 0. The quantitative estimate of drug-likeness (QED) is 0.767. The summed E-state index contributed by atoms with van der Waals surface area (Å²) < 4.78 is 6.20. The number of rotatable bonds is 0. The molecule has 1 heterocycles. The average Bonchev–Trinajstić information content (AvgIpc) is 2.49. The van der Waals surface area contributed by atoms with Gasteiger partial charge in [-0.25, -0.2) is 0 Å². The molecule has 94 valence electrons. The van der Waals surface area contributed by atoms with Gasteiger partial charge in [-0.15, -0.1) is 12.4 Å². The Kier molecular flexibility index (Phi) is 3.64. The lowest BCUT2D eigenvalue weighted by molar-refractivity contribution is 0.0529. The van der Waals surface area contributed by atoms with Gasteiger partial charge in [0.05, 0.1) is 6.04 Å². The highest BCUT2D eigenvalue weighted by Crippen LogP contribution is 2.47. The molecule has 0 bridgehead atoms. The molecule has 1 saturated carbocycles. The third-order valence-corrected chi connectivity index (χ3v) is 4.08. The van der Waals surface area contributed by atoms with Crippen molar-refractivity contribution in [1.82, 2.24) is 0 Å². The third kappa shape index (κ3) is 2.04. The Hall–Kier alpha value is -0.730. The van der Waals surface area contributed by atoms with Crippen molar-refractivity contribution >= 4 is 12.4 Å². The van der Waals surface area contributed by atoms with Crippen molar-refractivity contribution in [2.24, 2.45) is 5.73 Å². The van der Waals surface area contributed by atoms with Gasteiger partial charge in [0.2, 0.25) is 0 Å². The Balaban J connectivity index is 0.00000108. The van der Waals surface area contributed by atoms with Gasteiger partial charge in [0, 0.05) is 5.56 Å². The number of hydrogen-bond acceptors (Lipinski definition) is 2. The largest absolute Gasteiger partial charge is 0.485 e. The third-order valence-electron chi connectivity index (χ3n) is 4.08. The first-order valence-electron chi connectivity index (χ1n) is 6.35. The van der Waals surface area contributed by atoms with Crippen molar-refractivity contribution in [3.05, 3.63) is 29.8 Å². The van der Waals surface area contributed by atoms with E-state index < -0.39 is 0 Å². The van der Waals surface area contributed by atoms with Crippen LogP contribution in [0.4, 0.5) is 0 Å². The summed E-state index contributed by atoms with van der Waals surface area (Å²) in [6, 6.07) is 8.31. The summed E-state index contributed by atoms with van der Waals surface area (Å²) in [4.78, 5) is 0. The van der Waals surface area contributed by atoms with Crippen LogP contribution >= 0.6 is 12.4 Å². The molecule has 17 heavy (non-hydrogen) atoms. The first-order valence-corrected chi connectivity index (χ1v) is 6.35. The summed E-state index contributed by atoms with van der Waals surface area (Å²) in [7, 11) is 0. The number of hydrogen-bond donors (Lipinski definition) is 1. The molecular weight excluding hydrogens is 234 g/mol. The molecule has 1 aromatic rings. The van der Waals surface area contributed by atoms with Crippen LogP contribution in [0.1, 0.15) is 50.1 Å². The van der Waals surface area contributed by atoms with E-state index in [2.05, 4.69) is 18.2 Å². The Morgan fingerprint density at radius 3 is 2.35 bits per heavy atom. The van der Waals surface area contributed by atoms with E-state index in [4.69, 9.17) is 10.5 Å². The van der Waals surface area contributed by atoms with E-state index in [1.165, 1.54) is 31.2 Å². The van der Waals surface area contributed by atoms with Crippen molar-refractivity contribution in [3.63, 3.8) is 0 Å².